The van der Waals surface area contributed by atoms with Crippen molar-refractivity contribution in [2.75, 3.05) is 41.8 Å². The fraction of sp³-hybridized carbons (Fsp3) is 0.692. The predicted molar refractivity (Wildman–Crippen MR) is 84.3 cm³/mol. The van der Waals surface area contributed by atoms with Crippen LogP contribution in [0.4, 0.5) is 17.8 Å². The van der Waals surface area contributed by atoms with E-state index in [4.69, 9.17) is 10.2 Å². The molecule has 22 heavy (non-hydrogen) atoms. The van der Waals surface area contributed by atoms with Gasteiger partial charge in [0.25, 0.3) is 0 Å². The first-order valence-electron chi connectivity index (χ1n) is 7.30. The maximum absolute atomic E-state index is 11.0. The van der Waals surface area contributed by atoms with E-state index >= 15 is 0 Å². The van der Waals surface area contributed by atoms with E-state index in [2.05, 4.69) is 25.6 Å². The van der Waals surface area contributed by atoms with E-state index in [9.17, 15) is 4.79 Å². The van der Waals surface area contributed by atoms with Crippen molar-refractivity contribution in [2.24, 2.45) is 0 Å². The largest absolute Gasteiger partial charge is 0.480 e. The molecule has 0 unspecified atom stereocenters. The van der Waals surface area contributed by atoms with Gasteiger partial charge in [-0.3, -0.25) is 4.79 Å². The van der Waals surface area contributed by atoms with Crippen molar-refractivity contribution in [1.29, 1.82) is 0 Å². The van der Waals surface area contributed by atoms with Crippen LogP contribution in [0, 0.1) is 0 Å². The first-order chi connectivity index (χ1) is 10.5. The molecule has 0 aliphatic rings. The van der Waals surface area contributed by atoms with E-state index in [1.54, 1.807) is 4.90 Å². The lowest BCUT2D eigenvalue weighted by Crippen LogP contribution is -2.32. The van der Waals surface area contributed by atoms with Crippen molar-refractivity contribution in [2.45, 2.75) is 33.2 Å². The van der Waals surface area contributed by atoms with E-state index in [1.807, 2.05) is 20.8 Å². The quantitative estimate of drug-likeness (QED) is 0.486. The van der Waals surface area contributed by atoms with E-state index in [-0.39, 0.29) is 19.2 Å². The second kappa shape index (κ2) is 8.98. The van der Waals surface area contributed by atoms with E-state index in [0.29, 0.717) is 30.9 Å². The second-order valence-corrected chi connectivity index (χ2v) is 5.05. The summed E-state index contributed by atoms with van der Waals surface area (Å²) in [6, 6.07) is 0.125. The van der Waals surface area contributed by atoms with Crippen LogP contribution in [-0.2, 0) is 4.79 Å². The number of aromatic nitrogens is 3. The number of rotatable bonds is 10. The standard InChI is InChI=1S/C13H24N6O3/c1-4-6-19(8-10(21)22)13-17-11(14-5-7-20)16-12(18-13)15-9(2)3/h9,20H,4-8H2,1-3H3,(H,21,22)(H2,14,15,16,17,18). The molecule has 0 saturated heterocycles. The molecular weight excluding hydrogens is 288 g/mol. The Morgan fingerprint density at radius 2 is 1.95 bits per heavy atom. The first kappa shape index (κ1) is 17.9. The number of carboxylic acids is 1. The van der Waals surface area contributed by atoms with Crippen molar-refractivity contribution in [1.82, 2.24) is 15.0 Å². The number of carbonyl (C=O) groups is 1. The number of aliphatic carboxylic acids is 1. The summed E-state index contributed by atoms with van der Waals surface area (Å²) < 4.78 is 0. The van der Waals surface area contributed by atoms with Gasteiger partial charge in [0, 0.05) is 19.1 Å². The Labute approximate surface area is 129 Å². The minimum absolute atomic E-state index is 0.0538. The van der Waals surface area contributed by atoms with Gasteiger partial charge in [-0.05, 0) is 20.3 Å². The number of aliphatic hydroxyl groups is 1. The maximum Gasteiger partial charge on any atom is 0.323 e. The third-order valence-electron chi connectivity index (χ3n) is 2.54. The van der Waals surface area contributed by atoms with Gasteiger partial charge < -0.3 is 25.7 Å². The summed E-state index contributed by atoms with van der Waals surface area (Å²) in [6.07, 6.45) is 0.769. The number of nitrogens with zero attached hydrogens (tertiary/aromatic N) is 4. The number of carboxylic acid groups (broad SMARTS) is 1. The zero-order valence-corrected chi connectivity index (χ0v) is 13.2. The van der Waals surface area contributed by atoms with Crippen LogP contribution in [0.1, 0.15) is 27.2 Å². The van der Waals surface area contributed by atoms with Crippen LogP contribution in [0.25, 0.3) is 0 Å². The molecule has 0 atom stereocenters. The maximum atomic E-state index is 11.0. The molecule has 0 fully saturated rings. The van der Waals surface area contributed by atoms with Gasteiger partial charge in [-0.25, -0.2) is 0 Å². The Morgan fingerprint density at radius 3 is 2.50 bits per heavy atom. The molecule has 1 aromatic heterocycles. The fourth-order valence-electron chi connectivity index (χ4n) is 1.76. The lowest BCUT2D eigenvalue weighted by atomic mass is 10.4. The molecule has 1 heterocycles. The van der Waals surface area contributed by atoms with Crippen molar-refractivity contribution in [3.8, 4) is 0 Å². The minimum atomic E-state index is -0.947. The molecule has 1 rings (SSSR count). The number of nitrogens with one attached hydrogen (secondary N) is 2. The van der Waals surface area contributed by atoms with Gasteiger partial charge >= 0.3 is 5.97 Å². The van der Waals surface area contributed by atoms with Gasteiger partial charge in [0.2, 0.25) is 17.8 Å². The van der Waals surface area contributed by atoms with Gasteiger partial charge in [-0.1, -0.05) is 6.92 Å². The van der Waals surface area contributed by atoms with Crippen LogP contribution in [0.3, 0.4) is 0 Å². The summed E-state index contributed by atoms with van der Waals surface area (Å²) >= 11 is 0. The van der Waals surface area contributed by atoms with Crippen molar-refractivity contribution in [3.63, 3.8) is 0 Å². The van der Waals surface area contributed by atoms with Gasteiger partial charge in [0.1, 0.15) is 6.54 Å². The van der Waals surface area contributed by atoms with Crippen LogP contribution < -0.4 is 15.5 Å². The molecule has 9 heteroatoms. The smallest absolute Gasteiger partial charge is 0.323 e. The molecule has 0 bridgehead atoms. The van der Waals surface area contributed by atoms with Crippen LogP contribution in [-0.4, -0.2) is 63.4 Å². The zero-order valence-electron chi connectivity index (χ0n) is 13.2. The molecule has 124 valence electrons. The molecule has 4 N–H and O–H groups in total. The normalized spacial score (nSPS) is 10.6. The summed E-state index contributed by atoms with van der Waals surface area (Å²) in [4.78, 5) is 25.3. The summed E-state index contributed by atoms with van der Waals surface area (Å²) in [5.74, 6) is 0.0144. The Morgan fingerprint density at radius 1 is 1.27 bits per heavy atom. The first-order valence-corrected chi connectivity index (χ1v) is 7.30. The summed E-state index contributed by atoms with van der Waals surface area (Å²) in [5.41, 5.74) is 0. The molecule has 9 nitrogen and oxygen atoms in total. The molecule has 1 aromatic rings. The third-order valence-corrected chi connectivity index (χ3v) is 2.54. The average Bonchev–Trinajstić information content (AvgIpc) is 2.43. The van der Waals surface area contributed by atoms with Gasteiger partial charge in [-0.2, -0.15) is 15.0 Å². The minimum Gasteiger partial charge on any atom is -0.480 e. The highest BCUT2D eigenvalue weighted by molar-refractivity contribution is 5.72. The zero-order chi connectivity index (χ0) is 16.5. The SMILES string of the molecule is CCCN(CC(=O)O)c1nc(NCCO)nc(NC(C)C)n1. The number of anilines is 3. The van der Waals surface area contributed by atoms with E-state index < -0.39 is 5.97 Å². The molecule has 0 aromatic carbocycles. The van der Waals surface area contributed by atoms with Crippen molar-refractivity contribution in [3.05, 3.63) is 0 Å². The second-order valence-electron chi connectivity index (χ2n) is 5.05. The molecule has 0 aliphatic carbocycles. The Balaban J connectivity index is 3.09. The lowest BCUT2D eigenvalue weighted by Gasteiger charge is -2.21. The highest BCUT2D eigenvalue weighted by atomic mass is 16.4. The van der Waals surface area contributed by atoms with Crippen LogP contribution >= 0.6 is 0 Å². The summed E-state index contributed by atoms with van der Waals surface area (Å²) in [5, 5.41) is 23.9. The number of hydrogen-bond donors (Lipinski definition) is 4. The Hall–Kier alpha value is -2.16. The molecule has 0 saturated carbocycles. The lowest BCUT2D eigenvalue weighted by molar-refractivity contribution is -0.135. The topological polar surface area (TPSA) is 124 Å². The van der Waals surface area contributed by atoms with Gasteiger partial charge in [0.15, 0.2) is 0 Å². The van der Waals surface area contributed by atoms with Crippen LogP contribution in [0.15, 0.2) is 0 Å². The molecular formula is C13H24N6O3. The summed E-state index contributed by atoms with van der Waals surface area (Å²) in [6.45, 7) is 6.44. The molecule has 0 radical (unpaired) electrons. The molecule has 0 amide bonds. The van der Waals surface area contributed by atoms with Crippen molar-refractivity contribution < 1.29 is 15.0 Å². The fourth-order valence-corrected chi connectivity index (χ4v) is 1.76. The highest BCUT2D eigenvalue weighted by Crippen LogP contribution is 2.14. The van der Waals surface area contributed by atoms with E-state index in [1.165, 1.54) is 0 Å². The number of hydrogen-bond acceptors (Lipinski definition) is 8. The third kappa shape index (κ3) is 6.08. The van der Waals surface area contributed by atoms with Crippen LogP contribution in [0.5, 0.6) is 0 Å². The van der Waals surface area contributed by atoms with Gasteiger partial charge in [0.05, 0.1) is 6.61 Å². The monoisotopic (exact) mass is 312 g/mol. The summed E-state index contributed by atoms with van der Waals surface area (Å²) in [7, 11) is 0. The number of aliphatic hydroxyl groups excluding tert-OH is 1. The Kier molecular flexibility index (Phi) is 7.30. The molecule has 0 spiro atoms. The van der Waals surface area contributed by atoms with Gasteiger partial charge in [-0.15, -0.1) is 0 Å². The van der Waals surface area contributed by atoms with Crippen molar-refractivity contribution >= 4 is 23.8 Å². The van der Waals surface area contributed by atoms with E-state index in [0.717, 1.165) is 6.42 Å². The van der Waals surface area contributed by atoms with Crippen LogP contribution in [0.2, 0.25) is 0 Å². The Bertz CT molecular complexity index is 483. The highest BCUT2D eigenvalue weighted by Gasteiger charge is 2.16. The molecule has 0 aliphatic heterocycles. The average molecular weight is 312 g/mol. The predicted octanol–water partition coefficient (Wildman–Crippen LogP) is 0.397.